The summed E-state index contributed by atoms with van der Waals surface area (Å²) in [6.07, 6.45) is 4.51. The summed E-state index contributed by atoms with van der Waals surface area (Å²) in [5.41, 5.74) is 1.69. The van der Waals surface area contributed by atoms with E-state index in [1.807, 2.05) is 12.1 Å². The van der Waals surface area contributed by atoms with Crippen LogP contribution in [0.15, 0.2) is 36.7 Å². The quantitative estimate of drug-likeness (QED) is 0.582. The highest BCUT2D eigenvalue weighted by Gasteiger charge is 2.52. The van der Waals surface area contributed by atoms with E-state index in [0.29, 0.717) is 16.6 Å². The van der Waals surface area contributed by atoms with Crippen LogP contribution in [0.1, 0.15) is 34.6 Å². The molecule has 0 radical (unpaired) electrons. The number of nitrogens with one attached hydrogen (secondary N) is 1. The van der Waals surface area contributed by atoms with Crippen molar-refractivity contribution in [2.75, 3.05) is 18.0 Å². The van der Waals surface area contributed by atoms with Gasteiger partial charge in [0, 0.05) is 36.6 Å². The van der Waals surface area contributed by atoms with Gasteiger partial charge in [-0.1, -0.05) is 6.07 Å². The van der Waals surface area contributed by atoms with Crippen LogP contribution in [0.5, 0.6) is 5.75 Å². The molecule has 1 amide bonds. The summed E-state index contributed by atoms with van der Waals surface area (Å²) in [5.74, 6) is 0.0708. The Bertz CT molecular complexity index is 1210. The molecule has 2 aliphatic rings. The molecule has 9 nitrogen and oxygen atoms in total. The summed E-state index contributed by atoms with van der Waals surface area (Å²) in [6, 6.07) is 8.79. The molecular weight excluding hydrogens is 396 g/mol. The predicted molar refractivity (Wildman–Crippen MR) is 111 cm³/mol. The Morgan fingerprint density at radius 1 is 1.23 bits per heavy atom. The summed E-state index contributed by atoms with van der Waals surface area (Å²) < 4.78 is 0. The van der Waals surface area contributed by atoms with Gasteiger partial charge in [0.25, 0.3) is 5.91 Å². The Morgan fingerprint density at radius 3 is 2.71 bits per heavy atom. The molecular formula is C22H20N6O3. The van der Waals surface area contributed by atoms with E-state index in [2.05, 4.69) is 25.2 Å². The number of pyridine rings is 3. The second-order valence-electron chi connectivity index (χ2n) is 8.32. The minimum Gasteiger partial charge on any atom is -0.505 e. The van der Waals surface area contributed by atoms with E-state index < -0.39 is 5.91 Å². The minimum atomic E-state index is -0.513. The zero-order valence-corrected chi connectivity index (χ0v) is 16.6. The van der Waals surface area contributed by atoms with Crippen LogP contribution < -0.4 is 10.2 Å². The lowest BCUT2D eigenvalue weighted by Gasteiger charge is -2.58. The van der Waals surface area contributed by atoms with Gasteiger partial charge in [-0.3, -0.25) is 4.79 Å². The smallest absolute Gasteiger partial charge is 0.274 e. The molecule has 3 aromatic heterocycles. The van der Waals surface area contributed by atoms with Crippen molar-refractivity contribution in [1.82, 2.24) is 20.3 Å². The first kappa shape index (κ1) is 19.2. The van der Waals surface area contributed by atoms with E-state index in [4.69, 9.17) is 5.26 Å². The Morgan fingerprint density at radius 2 is 2.03 bits per heavy atom. The number of anilines is 1. The van der Waals surface area contributed by atoms with Gasteiger partial charge in [-0.2, -0.15) is 5.26 Å². The number of carbonyl (C=O) groups excluding carboxylic acids is 1. The van der Waals surface area contributed by atoms with Gasteiger partial charge in [0.05, 0.1) is 17.8 Å². The highest BCUT2D eigenvalue weighted by atomic mass is 16.3. The van der Waals surface area contributed by atoms with E-state index in [1.54, 1.807) is 18.2 Å². The van der Waals surface area contributed by atoms with Crippen molar-refractivity contribution in [3.8, 4) is 11.8 Å². The molecule has 0 bridgehead atoms. The van der Waals surface area contributed by atoms with Gasteiger partial charge >= 0.3 is 0 Å². The SMILES string of the molecule is N#Cc1ccc(CNC(=O)c2ncc3nc(N4CC5(CC(O)C5)C4)ccc3c2O)cn1. The Kier molecular flexibility index (Phi) is 4.45. The fraction of sp³-hybridized carbons (Fsp3) is 0.318. The molecule has 3 N–H and O–H groups in total. The normalized spacial score (nSPS) is 17.1. The molecule has 3 aromatic rings. The van der Waals surface area contributed by atoms with E-state index in [-0.39, 0.29) is 29.5 Å². The van der Waals surface area contributed by atoms with Crippen molar-refractivity contribution in [1.29, 1.82) is 5.26 Å². The Labute approximate surface area is 178 Å². The van der Waals surface area contributed by atoms with Gasteiger partial charge in [-0.15, -0.1) is 0 Å². The third-order valence-corrected chi connectivity index (χ3v) is 6.03. The molecule has 5 rings (SSSR count). The van der Waals surface area contributed by atoms with Crippen LogP contribution in [0, 0.1) is 16.7 Å². The molecule has 1 aliphatic heterocycles. The summed E-state index contributed by atoms with van der Waals surface area (Å²) >= 11 is 0. The average molecular weight is 416 g/mol. The highest BCUT2D eigenvalue weighted by Crippen LogP contribution is 2.49. The van der Waals surface area contributed by atoms with Gasteiger partial charge in [-0.05, 0) is 36.6 Å². The molecule has 4 heterocycles. The number of amides is 1. The topological polar surface area (TPSA) is 135 Å². The third kappa shape index (κ3) is 3.41. The molecule has 1 saturated heterocycles. The molecule has 31 heavy (non-hydrogen) atoms. The van der Waals surface area contributed by atoms with Crippen molar-refractivity contribution >= 4 is 22.6 Å². The van der Waals surface area contributed by atoms with Gasteiger partial charge in [0.2, 0.25) is 0 Å². The first-order valence-corrected chi connectivity index (χ1v) is 10.0. The number of nitrogens with zero attached hydrogens (tertiary/aromatic N) is 5. The lowest BCUT2D eigenvalue weighted by molar-refractivity contribution is -0.0494. The van der Waals surface area contributed by atoms with Crippen LogP contribution in [0.2, 0.25) is 0 Å². The van der Waals surface area contributed by atoms with Gasteiger partial charge in [-0.25, -0.2) is 15.0 Å². The Hall–Kier alpha value is -3.77. The molecule has 1 aliphatic carbocycles. The lowest BCUT2D eigenvalue weighted by atomic mass is 9.62. The van der Waals surface area contributed by atoms with Crippen molar-refractivity contribution in [3.63, 3.8) is 0 Å². The molecule has 0 unspecified atom stereocenters. The van der Waals surface area contributed by atoms with Crippen LogP contribution >= 0.6 is 0 Å². The van der Waals surface area contributed by atoms with Crippen LogP contribution in [0.4, 0.5) is 5.82 Å². The molecule has 9 heteroatoms. The van der Waals surface area contributed by atoms with Crippen LogP contribution in [0.3, 0.4) is 0 Å². The molecule has 1 spiro atoms. The highest BCUT2D eigenvalue weighted by molar-refractivity contribution is 6.00. The standard InChI is InChI=1S/C22H20N6O3/c23-7-14-2-1-13(8-24-14)9-26-21(31)19-20(30)16-3-4-18(27-17(16)10-25-19)28-11-22(12-28)5-15(29)6-22/h1-4,8,10,15,29-30H,5-6,9,11-12H2,(H,26,31). The maximum atomic E-state index is 12.5. The van der Waals surface area contributed by atoms with Gasteiger partial charge in [0.15, 0.2) is 11.4 Å². The molecule has 0 atom stereocenters. The van der Waals surface area contributed by atoms with E-state index in [9.17, 15) is 15.0 Å². The maximum Gasteiger partial charge on any atom is 0.274 e. The van der Waals surface area contributed by atoms with Gasteiger partial charge < -0.3 is 20.4 Å². The fourth-order valence-corrected chi connectivity index (χ4v) is 4.40. The van der Waals surface area contributed by atoms with Crippen LogP contribution in [-0.2, 0) is 6.54 Å². The Balaban J connectivity index is 1.29. The van der Waals surface area contributed by atoms with E-state index in [0.717, 1.165) is 37.3 Å². The number of aliphatic hydroxyl groups is 1. The number of aliphatic hydroxyl groups excluding tert-OH is 1. The summed E-state index contributed by atoms with van der Waals surface area (Å²) in [7, 11) is 0. The lowest BCUT2D eigenvalue weighted by Crippen LogP contribution is -2.64. The average Bonchev–Trinajstić information content (AvgIpc) is 2.74. The summed E-state index contributed by atoms with van der Waals surface area (Å²) in [6.45, 7) is 1.93. The first-order chi connectivity index (χ1) is 15.0. The second-order valence-corrected chi connectivity index (χ2v) is 8.32. The molecule has 1 saturated carbocycles. The third-order valence-electron chi connectivity index (χ3n) is 6.03. The number of nitriles is 1. The number of aromatic nitrogens is 3. The van der Waals surface area contributed by atoms with Crippen molar-refractivity contribution in [2.24, 2.45) is 5.41 Å². The van der Waals surface area contributed by atoms with Crippen molar-refractivity contribution in [2.45, 2.75) is 25.5 Å². The predicted octanol–water partition coefficient (Wildman–Crippen LogP) is 1.49. The van der Waals surface area contributed by atoms with Crippen LogP contribution in [-0.4, -0.2) is 50.3 Å². The number of aromatic hydroxyl groups is 1. The zero-order chi connectivity index (χ0) is 21.6. The number of fused-ring (bicyclic) bond motifs is 1. The van der Waals surface area contributed by atoms with E-state index >= 15 is 0 Å². The zero-order valence-electron chi connectivity index (χ0n) is 16.6. The minimum absolute atomic E-state index is 0.0741. The number of hydrogen-bond donors (Lipinski definition) is 3. The summed E-state index contributed by atoms with van der Waals surface area (Å²) in [4.78, 5) is 27.3. The van der Waals surface area contributed by atoms with E-state index in [1.165, 1.54) is 12.4 Å². The number of rotatable bonds is 4. The molecule has 2 fully saturated rings. The monoisotopic (exact) mass is 416 g/mol. The second kappa shape index (κ2) is 7.18. The first-order valence-electron chi connectivity index (χ1n) is 10.0. The largest absolute Gasteiger partial charge is 0.505 e. The van der Waals surface area contributed by atoms with Crippen LogP contribution in [0.25, 0.3) is 10.9 Å². The molecule has 156 valence electrons. The van der Waals surface area contributed by atoms with Gasteiger partial charge in [0.1, 0.15) is 17.6 Å². The fourth-order valence-electron chi connectivity index (χ4n) is 4.40. The maximum absolute atomic E-state index is 12.5. The van der Waals surface area contributed by atoms with Crippen molar-refractivity contribution in [3.05, 3.63) is 53.6 Å². The number of carbonyl (C=O) groups is 1. The molecule has 0 aromatic carbocycles. The summed E-state index contributed by atoms with van der Waals surface area (Å²) in [5, 5.41) is 32.1. The number of hydrogen-bond acceptors (Lipinski definition) is 8. The van der Waals surface area contributed by atoms with Crippen molar-refractivity contribution < 1.29 is 15.0 Å².